The number of halogens is 3. The molecule has 1 heterocycles. The van der Waals surface area contributed by atoms with Crippen LogP contribution in [-0.4, -0.2) is 36.9 Å². The first kappa shape index (κ1) is 24.5. The second-order valence-corrected chi connectivity index (χ2v) is 9.70. The fraction of sp³-hybridized carbons (Fsp3) is 0.261. The average Bonchev–Trinajstić information content (AvgIpc) is 3.03. The Morgan fingerprint density at radius 3 is 2.27 bits per heavy atom. The Morgan fingerprint density at radius 1 is 1.09 bits per heavy atom. The van der Waals surface area contributed by atoms with Crippen LogP contribution in [0, 0.1) is 13.8 Å². The number of aliphatic hydroxyl groups is 1. The maximum absolute atomic E-state index is 13.8. The summed E-state index contributed by atoms with van der Waals surface area (Å²) >= 11 is 0. The Balaban J connectivity index is 2.07. The molecule has 10 heteroatoms. The van der Waals surface area contributed by atoms with Crippen molar-refractivity contribution in [1.82, 2.24) is 4.57 Å². The number of anilines is 1. The van der Waals surface area contributed by atoms with Crippen LogP contribution in [0.2, 0.25) is 0 Å². The molecule has 0 saturated heterocycles. The molecule has 3 rings (SSSR count). The number of nitrogens with zero attached hydrogens (tertiary/aromatic N) is 1. The zero-order valence-corrected chi connectivity index (χ0v) is 19.0. The third kappa shape index (κ3) is 5.12. The van der Waals surface area contributed by atoms with E-state index in [1.807, 2.05) is 0 Å². The molecule has 176 valence electrons. The Hall–Kier alpha value is -3.11. The Morgan fingerprint density at radius 2 is 1.73 bits per heavy atom. The van der Waals surface area contributed by atoms with Crippen molar-refractivity contribution < 1.29 is 31.5 Å². The number of aryl methyl sites for hydroxylation is 1. The van der Waals surface area contributed by atoms with Crippen molar-refractivity contribution in [1.29, 1.82) is 0 Å². The summed E-state index contributed by atoms with van der Waals surface area (Å²) in [5, 5.41) is 12.1. The van der Waals surface area contributed by atoms with Crippen LogP contribution in [0.4, 0.5) is 18.9 Å². The molecule has 0 saturated carbocycles. The number of nitrogens with one attached hydrogen (secondary N) is 1. The molecule has 2 N–H and O–H groups in total. The molecule has 0 radical (unpaired) electrons. The Labute approximate surface area is 189 Å². The van der Waals surface area contributed by atoms with Gasteiger partial charge in [0.2, 0.25) is 0 Å². The maximum atomic E-state index is 13.8. The summed E-state index contributed by atoms with van der Waals surface area (Å²) in [6.07, 6.45) is -2.13. The van der Waals surface area contributed by atoms with Crippen LogP contribution in [0.15, 0.2) is 53.6 Å². The molecule has 3 aromatic rings. The highest BCUT2D eigenvalue weighted by molar-refractivity contribution is 7.90. The molecular weight excluding hydrogens is 457 g/mol. The molecule has 6 nitrogen and oxygen atoms in total. The molecule has 1 amide bonds. The summed E-state index contributed by atoms with van der Waals surface area (Å²) in [4.78, 5) is 13.0. The van der Waals surface area contributed by atoms with Crippen LogP contribution in [0.5, 0.6) is 0 Å². The summed E-state index contributed by atoms with van der Waals surface area (Å²) in [5.74, 6) is -0.570. The van der Waals surface area contributed by atoms with Crippen LogP contribution in [-0.2, 0) is 22.6 Å². The molecule has 0 aliphatic heterocycles. The van der Waals surface area contributed by atoms with Crippen LogP contribution in [0.25, 0.3) is 11.3 Å². The number of aliphatic hydroxyl groups excluding tert-OH is 1. The number of sulfone groups is 1. The van der Waals surface area contributed by atoms with Gasteiger partial charge in [-0.25, -0.2) is 8.42 Å². The molecule has 0 aliphatic rings. The van der Waals surface area contributed by atoms with Gasteiger partial charge in [0.1, 0.15) is 0 Å². The topological polar surface area (TPSA) is 88.4 Å². The summed E-state index contributed by atoms with van der Waals surface area (Å²) in [5.41, 5.74) is 0.505. The monoisotopic (exact) mass is 480 g/mol. The standard InChI is InChI=1S/C23H23F3N2O4S/c1-14-5-4-6-19(23(24,25)26)20(14)21-15(2)18(13-28(21)11-12-29)22(30)27-16-7-9-17(10-8-16)33(3,31)32/h4-10,13,29H,11-12H2,1-3H3,(H,27,30). The van der Waals surface area contributed by atoms with E-state index in [-0.39, 0.29) is 34.9 Å². The first-order valence-corrected chi connectivity index (χ1v) is 11.8. The lowest BCUT2D eigenvalue weighted by Crippen LogP contribution is -2.12. The molecule has 0 atom stereocenters. The number of rotatable bonds is 6. The summed E-state index contributed by atoms with van der Waals surface area (Å²) in [7, 11) is -3.40. The van der Waals surface area contributed by atoms with E-state index in [0.717, 1.165) is 12.3 Å². The van der Waals surface area contributed by atoms with Gasteiger partial charge in [-0.1, -0.05) is 12.1 Å². The summed E-state index contributed by atoms with van der Waals surface area (Å²) in [6, 6.07) is 9.43. The third-order valence-electron chi connectivity index (χ3n) is 5.27. The smallest absolute Gasteiger partial charge is 0.395 e. The molecule has 2 aromatic carbocycles. The quantitative estimate of drug-likeness (QED) is 0.546. The lowest BCUT2D eigenvalue weighted by atomic mass is 9.95. The lowest BCUT2D eigenvalue weighted by Gasteiger charge is -2.18. The first-order chi connectivity index (χ1) is 15.3. The number of carbonyl (C=O) groups is 1. The molecule has 0 aliphatic carbocycles. The highest BCUT2D eigenvalue weighted by Crippen LogP contribution is 2.41. The van der Waals surface area contributed by atoms with Crippen molar-refractivity contribution in [2.45, 2.75) is 31.5 Å². The maximum Gasteiger partial charge on any atom is 0.417 e. The van der Waals surface area contributed by atoms with E-state index in [0.29, 0.717) is 16.8 Å². The fourth-order valence-corrected chi connectivity index (χ4v) is 4.34. The van der Waals surface area contributed by atoms with E-state index < -0.39 is 27.5 Å². The van der Waals surface area contributed by atoms with Gasteiger partial charge in [0.15, 0.2) is 9.84 Å². The van der Waals surface area contributed by atoms with Gasteiger partial charge in [-0.05, 0) is 55.3 Å². The summed E-state index contributed by atoms with van der Waals surface area (Å²) < 4.78 is 65.9. The van der Waals surface area contributed by atoms with Gasteiger partial charge in [-0.3, -0.25) is 4.79 Å². The van der Waals surface area contributed by atoms with E-state index in [4.69, 9.17) is 0 Å². The fourth-order valence-electron chi connectivity index (χ4n) is 3.71. The molecule has 0 bridgehead atoms. The minimum Gasteiger partial charge on any atom is -0.395 e. The van der Waals surface area contributed by atoms with Crippen molar-refractivity contribution in [2.24, 2.45) is 0 Å². The average molecular weight is 481 g/mol. The SMILES string of the molecule is Cc1cccc(C(F)(F)F)c1-c1c(C)c(C(=O)Nc2ccc(S(C)(=O)=O)cc2)cn1CCO. The predicted octanol–water partition coefficient (Wildman–Crippen LogP) is 4.44. The van der Waals surface area contributed by atoms with Crippen LogP contribution < -0.4 is 5.32 Å². The van der Waals surface area contributed by atoms with Crippen molar-refractivity contribution in [3.8, 4) is 11.3 Å². The highest BCUT2D eigenvalue weighted by atomic mass is 32.2. The number of hydrogen-bond donors (Lipinski definition) is 2. The Bertz CT molecular complexity index is 1290. The highest BCUT2D eigenvalue weighted by Gasteiger charge is 2.36. The minimum atomic E-state index is -4.61. The molecule has 0 spiro atoms. The molecular formula is C23H23F3N2O4S. The van der Waals surface area contributed by atoms with E-state index in [2.05, 4.69) is 5.32 Å². The van der Waals surface area contributed by atoms with Crippen LogP contribution >= 0.6 is 0 Å². The van der Waals surface area contributed by atoms with Gasteiger partial charge in [0, 0.05) is 30.2 Å². The van der Waals surface area contributed by atoms with Gasteiger partial charge < -0.3 is 15.0 Å². The third-order valence-corrected chi connectivity index (χ3v) is 6.40. The molecule has 0 unspecified atom stereocenters. The van der Waals surface area contributed by atoms with E-state index >= 15 is 0 Å². The second-order valence-electron chi connectivity index (χ2n) is 7.68. The zero-order chi connectivity index (χ0) is 24.6. The van der Waals surface area contributed by atoms with Gasteiger partial charge >= 0.3 is 6.18 Å². The summed E-state index contributed by atoms with van der Waals surface area (Å²) in [6.45, 7) is 2.78. The predicted molar refractivity (Wildman–Crippen MR) is 119 cm³/mol. The number of amides is 1. The number of carbonyl (C=O) groups excluding carboxylic acids is 1. The zero-order valence-electron chi connectivity index (χ0n) is 18.2. The van der Waals surface area contributed by atoms with E-state index in [9.17, 15) is 31.5 Å². The minimum absolute atomic E-state index is 0.00184. The van der Waals surface area contributed by atoms with Gasteiger partial charge in [0.05, 0.1) is 28.3 Å². The van der Waals surface area contributed by atoms with Crippen LogP contribution in [0.1, 0.15) is 27.0 Å². The number of benzene rings is 2. The van der Waals surface area contributed by atoms with E-state index in [1.54, 1.807) is 19.9 Å². The van der Waals surface area contributed by atoms with Crippen molar-refractivity contribution in [3.63, 3.8) is 0 Å². The largest absolute Gasteiger partial charge is 0.417 e. The number of alkyl halides is 3. The van der Waals surface area contributed by atoms with Gasteiger partial charge in [0.25, 0.3) is 5.91 Å². The van der Waals surface area contributed by atoms with Crippen molar-refractivity contribution in [3.05, 3.63) is 70.9 Å². The molecule has 1 aromatic heterocycles. The lowest BCUT2D eigenvalue weighted by molar-refractivity contribution is -0.137. The van der Waals surface area contributed by atoms with E-state index in [1.165, 1.54) is 41.1 Å². The van der Waals surface area contributed by atoms with Gasteiger partial charge in [-0.15, -0.1) is 0 Å². The Kier molecular flexibility index (Phi) is 6.71. The van der Waals surface area contributed by atoms with Crippen LogP contribution in [0.3, 0.4) is 0 Å². The second kappa shape index (κ2) is 9.03. The number of aromatic nitrogens is 1. The van der Waals surface area contributed by atoms with Gasteiger partial charge in [-0.2, -0.15) is 13.2 Å². The first-order valence-electron chi connectivity index (χ1n) is 9.94. The normalized spacial score (nSPS) is 12.1. The molecule has 33 heavy (non-hydrogen) atoms. The number of hydrogen-bond acceptors (Lipinski definition) is 4. The molecule has 0 fully saturated rings. The van der Waals surface area contributed by atoms with Crippen molar-refractivity contribution in [2.75, 3.05) is 18.2 Å². The van der Waals surface area contributed by atoms with Crippen molar-refractivity contribution >= 4 is 21.4 Å².